The zero-order valence-corrected chi connectivity index (χ0v) is 28.2. The first-order valence-electron chi connectivity index (χ1n) is 17.8. The van der Waals surface area contributed by atoms with Crippen LogP contribution in [0.3, 0.4) is 0 Å². The van der Waals surface area contributed by atoms with Crippen molar-refractivity contribution in [1.82, 2.24) is 5.32 Å². The van der Waals surface area contributed by atoms with E-state index < -0.39 is 12.0 Å². The standard InChI is InChI=1S/C37H66N2O5/c1-3-5-7-9-11-13-15-21-25-31-36(41)44-33(27-22-18-14-12-10-8-6-4-2)28-23-19-16-17-20-24-30-35(40)39-34(37(42)43)29-26-32-38/h6,8,12,14,22,27,33-34H,3-5,7,9-11,13,15-21,23-26,28-32,38H2,1-2H3,(H,39,40)(H,42,43)/b8-6-,14-12-,27-22-. The fourth-order valence-corrected chi connectivity index (χ4v) is 5.03. The molecule has 0 rings (SSSR count). The predicted octanol–water partition coefficient (Wildman–Crippen LogP) is 9.11. The van der Waals surface area contributed by atoms with Gasteiger partial charge in [-0.3, -0.25) is 9.59 Å². The van der Waals surface area contributed by atoms with Gasteiger partial charge in [0.2, 0.25) is 5.91 Å². The summed E-state index contributed by atoms with van der Waals surface area (Å²) in [5.74, 6) is -1.31. The van der Waals surface area contributed by atoms with Crippen LogP contribution in [0.15, 0.2) is 36.5 Å². The van der Waals surface area contributed by atoms with Gasteiger partial charge in [0.15, 0.2) is 0 Å². The Morgan fingerprint density at radius 3 is 1.82 bits per heavy atom. The van der Waals surface area contributed by atoms with E-state index in [2.05, 4.69) is 55.6 Å². The molecular formula is C37H66N2O5. The molecule has 254 valence electrons. The minimum absolute atomic E-state index is 0.0886. The molecule has 0 saturated carbocycles. The largest absolute Gasteiger partial charge is 0.480 e. The van der Waals surface area contributed by atoms with Crippen LogP contribution in [0.5, 0.6) is 0 Å². The molecule has 0 bridgehead atoms. The average Bonchev–Trinajstić information content (AvgIpc) is 3.00. The summed E-state index contributed by atoms with van der Waals surface area (Å²) in [6.45, 7) is 4.78. The third-order valence-corrected chi connectivity index (χ3v) is 7.70. The lowest BCUT2D eigenvalue weighted by atomic mass is 10.0. The van der Waals surface area contributed by atoms with Crippen molar-refractivity contribution in [3.05, 3.63) is 36.5 Å². The molecular weight excluding hydrogens is 552 g/mol. The molecule has 0 aromatic heterocycles. The van der Waals surface area contributed by atoms with Crippen molar-refractivity contribution < 1.29 is 24.2 Å². The van der Waals surface area contributed by atoms with Crippen molar-refractivity contribution in [3.8, 4) is 0 Å². The lowest BCUT2D eigenvalue weighted by molar-refractivity contribution is -0.147. The molecule has 0 aromatic rings. The van der Waals surface area contributed by atoms with Crippen LogP contribution in [-0.2, 0) is 19.1 Å². The van der Waals surface area contributed by atoms with E-state index in [4.69, 9.17) is 10.5 Å². The number of esters is 1. The van der Waals surface area contributed by atoms with Crippen LogP contribution in [0.4, 0.5) is 0 Å². The molecule has 2 atom stereocenters. The van der Waals surface area contributed by atoms with Crippen LogP contribution < -0.4 is 11.1 Å². The van der Waals surface area contributed by atoms with Crippen LogP contribution in [0, 0.1) is 0 Å². The fourth-order valence-electron chi connectivity index (χ4n) is 5.03. The van der Waals surface area contributed by atoms with Crippen LogP contribution in [0.2, 0.25) is 0 Å². The number of amides is 1. The van der Waals surface area contributed by atoms with E-state index in [0.29, 0.717) is 32.2 Å². The number of carbonyl (C=O) groups excluding carboxylic acids is 2. The number of carbonyl (C=O) groups is 3. The molecule has 0 fully saturated rings. The number of carboxylic acids is 1. The van der Waals surface area contributed by atoms with Crippen molar-refractivity contribution in [1.29, 1.82) is 0 Å². The smallest absolute Gasteiger partial charge is 0.326 e. The maximum atomic E-state index is 12.6. The van der Waals surface area contributed by atoms with E-state index in [1.807, 2.05) is 0 Å². The Kier molecular flexibility index (Phi) is 30.2. The monoisotopic (exact) mass is 618 g/mol. The van der Waals surface area contributed by atoms with Gasteiger partial charge in [-0.2, -0.15) is 0 Å². The Morgan fingerprint density at radius 2 is 1.23 bits per heavy atom. The Balaban J connectivity index is 4.35. The number of hydrogen-bond acceptors (Lipinski definition) is 5. The van der Waals surface area contributed by atoms with E-state index in [0.717, 1.165) is 77.0 Å². The molecule has 44 heavy (non-hydrogen) atoms. The van der Waals surface area contributed by atoms with Gasteiger partial charge in [-0.05, 0) is 70.4 Å². The van der Waals surface area contributed by atoms with E-state index >= 15 is 0 Å². The summed E-state index contributed by atoms with van der Waals surface area (Å²) >= 11 is 0. The van der Waals surface area contributed by atoms with Gasteiger partial charge >= 0.3 is 11.9 Å². The maximum Gasteiger partial charge on any atom is 0.326 e. The third kappa shape index (κ3) is 28.4. The number of nitrogens with one attached hydrogen (secondary N) is 1. The van der Waals surface area contributed by atoms with Gasteiger partial charge in [-0.1, -0.05) is 121 Å². The summed E-state index contributed by atoms with van der Waals surface area (Å²) in [6, 6.07) is -0.855. The first kappa shape index (κ1) is 41.6. The van der Waals surface area contributed by atoms with Crippen LogP contribution in [0.25, 0.3) is 0 Å². The zero-order valence-electron chi connectivity index (χ0n) is 28.2. The Hall–Kier alpha value is -2.41. The van der Waals surface area contributed by atoms with E-state index in [-0.39, 0.29) is 18.0 Å². The average molecular weight is 619 g/mol. The van der Waals surface area contributed by atoms with E-state index in [9.17, 15) is 19.5 Å². The SMILES string of the molecule is CC/C=C\C/C=C\C/C=C\C(CCCCCCCCC(=O)NC(CCCN)C(=O)O)OC(=O)CCCCCCCCCCC. The highest BCUT2D eigenvalue weighted by molar-refractivity contribution is 5.83. The first-order valence-corrected chi connectivity index (χ1v) is 17.8. The number of unbranched alkanes of at least 4 members (excludes halogenated alkanes) is 13. The van der Waals surface area contributed by atoms with Crippen molar-refractivity contribution in [2.75, 3.05) is 6.54 Å². The van der Waals surface area contributed by atoms with Crippen LogP contribution in [0.1, 0.15) is 162 Å². The predicted molar refractivity (Wildman–Crippen MR) is 183 cm³/mol. The van der Waals surface area contributed by atoms with Crippen molar-refractivity contribution in [2.24, 2.45) is 5.73 Å². The van der Waals surface area contributed by atoms with Gasteiger partial charge in [0.1, 0.15) is 12.1 Å². The Bertz CT molecular complexity index is 793. The lowest BCUT2D eigenvalue weighted by Crippen LogP contribution is -2.40. The second kappa shape index (κ2) is 32.0. The molecule has 0 saturated heterocycles. The summed E-state index contributed by atoms with van der Waals surface area (Å²) in [4.78, 5) is 35.9. The highest BCUT2D eigenvalue weighted by Crippen LogP contribution is 2.15. The quantitative estimate of drug-likeness (QED) is 0.0405. The zero-order chi connectivity index (χ0) is 32.5. The van der Waals surface area contributed by atoms with E-state index in [1.165, 1.54) is 44.9 Å². The number of ether oxygens (including phenoxy) is 1. The fraction of sp³-hybridized carbons (Fsp3) is 0.757. The molecule has 2 unspecified atom stereocenters. The van der Waals surface area contributed by atoms with Crippen molar-refractivity contribution >= 4 is 17.8 Å². The minimum atomic E-state index is -1.01. The minimum Gasteiger partial charge on any atom is -0.480 e. The van der Waals surface area contributed by atoms with Crippen LogP contribution >= 0.6 is 0 Å². The molecule has 0 aliphatic heterocycles. The third-order valence-electron chi connectivity index (χ3n) is 7.70. The Morgan fingerprint density at radius 1 is 0.682 bits per heavy atom. The molecule has 0 aromatic carbocycles. The van der Waals surface area contributed by atoms with Crippen molar-refractivity contribution in [3.63, 3.8) is 0 Å². The second-order valence-electron chi connectivity index (χ2n) is 11.9. The van der Waals surface area contributed by atoms with Gasteiger partial charge in [0.05, 0.1) is 0 Å². The van der Waals surface area contributed by atoms with Gasteiger partial charge in [-0.25, -0.2) is 4.79 Å². The number of allylic oxidation sites excluding steroid dienone is 5. The summed E-state index contributed by atoms with van der Waals surface area (Å²) in [5, 5.41) is 11.8. The molecule has 0 aliphatic carbocycles. The van der Waals surface area contributed by atoms with E-state index in [1.54, 1.807) is 0 Å². The molecule has 7 heteroatoms. The number of hydrogen-bond donors (Lipinski definition) is 3. The molecule has 0 spiro atoms. The second-order valence-corrected chi connectivity index (χ2v) is 11.9. The Labute approximate surface area is 269 Å². The molecule has 0 aliphatic rings. The summed E-state index contributed by atoms with van der Waals surface area (Å²) in [7, 11) is 0. The topological polar surface area (TPSA) is 119 Å². The molecule has 7 nitrogen and oxygen atoms in total. The first-order chi connectivity index (χ1) is 21.4. The summed E-state index contributed by atoms with van der Waals surface area (Å²) in [6.07, 6.45) is 34.9. The number of nitrogens with two attached hydrogens (primary N) is 1. The number of aliphatic carboxylic acids is 1. The summed E-state index contributed by atoms with van der Waals surface area (Å²) in [5.41, 5.74) is 5.45. The number of rotatable bonds is 31. The molecule has 0 heterocycles. The van der Waals surface area contributed by atoms with Gasteiger partial charge in [-0.15, -0.1) is 0 Å². The summed E-state index contributed by atoms with van der Waals surface area (Å²) < 4.78 is 5.87. The highest BCUT2D eigenvalue weighted by Gasteiger charge is 2.18. The highest BCUT2D eigenvalue weighted by atomic mass is 16.5. The molecule has 0 radical (unpaired) electrons. The van der Waals surface area contributed by atoms with Gasteiger partial charge < -0.3 is 20.9 Å². The maximum absolute atomic E-state index is 12.6. The van der Waals surface area contributed by atoms with Gasteiger partial charge in [0, 0.05) is 12.8 Å². The molecule has 1 amide bonds. The molecule has 4 N–H and O–H groups in total. The number of carboxylic acid groups (broad SMARTS) is 1. The van der Waals surface area contributed by atoms with Gasteiger partial charge in [0.25, 0.3) is 0 Å². The lowest BCUT2D eigenvalue weighted by Gasteiger charge is -2.15. The van der Waals surface area contributed by atoms with Crippen LogP contribution in [-0.4, -0.2) is 41.6 Å². The normalized spacial score (nSPS) is 13.2. The van der Waals surface area contributed by atoms with Crippen molar-refractivity contribution in [2.45, 2.75) is 174 Å².